The standard InChI is InChI=1S/C16H22N2O4S/c1-8(2)13(14(19)18-16(17)21)22-15(20)12-7-10-6-9(3)4-5-11(10)23-12/h7-9,13H,4-6H2,1-3H3,(H3,17,18,19,21)/t9-,13-/m1/s1. The van der Waals surface area contributed by atoms with Gasteiger partial charge in [-0.05, 0) is 42.7 Å². The minimum atomic E-state index is -1.05. The van der Waals surface area contributed by atoms with Crippen molar-refractivity contribution >= 4 is 29.2 Å². The highest BCUT2D eigenvalue weighted by molar-refractivity contribution is 7.14. The normalized spacial score (nSPS) is 18.2. The Morgan fingerprint density at radius 1 is 1.39 bits per heavy atom. The maximum absolute atomic E-state index is 12.3. The molecule has 1 aromatic rings. The summed E-state index contributed by atoms with van der Waals surface area (Å²) in [5.41, 5.74) is 6.14. The highest BCUT2D eigenvalue weighted by atomic mass is 32.1. The number of carbonyl (C=O) groups is 3. The van der Waals surface area contributed by atoms with Crippen LogP contribution in [0.4, 0.5) is 4.79 Å². The molecule has 23 heavy (non-hydrogen) atoms. The first-order valence-corrected chi connectivity index (χ1v) is 8.52. The van der Waals surface area contributed by atoms with E-state index in [-0.39, 0.29) is 5.92 Å². The van der Waals surface area contributed by atoms with Crippen LogP contribution >= 0.6 is 11.3 Å². The van der Waals surface area contributed by atoms with Gasteiger partial charge in [0.2, 0.25) is 0 Å². The molecule has 126 valence electrons. The summed E-state index contributed by atoms with van der Waals surface area (Å²) in [7, 11) is 0. The largest absolute Gasteiger partial charge is 0.448 e. The molecule has 0 spiro atoms. The Labute approximate surface area is 139 Å². The van der Waals surface area contributed by atoms with Crippen LogP contribution in [0.3, 0.4) is 0 Å². The van der Waals surface area contributed by atoms with E-state index in [2.05, 4.69) is 6.92 Å². The summed E-state index contributed by atoms with van der Waals surface area (Å²) in [6.07, 6.45) is 2.02. The second-order valence-corrected chi connectivity index (χ2v) is 7.47. The third kappa shape index (κ3) is 4.31. The molecule has 2 atom stereocenters. The summed E-state index contributed by atoms with van der Waals surface area (Å²) >= 11 is 1.43. The number of carbonyl (C=O) groups excluding carboxylic acids is 3. The summed E-state index contributed by atoms with van der Waals surface area (Å²) in [6.45, 7) is 5.67. The number of imide groups is 1. The third-order valence-electron chi connectivity index (χ3n) is 3.87. The summed E-state index contributed by atoms with van der Waals surface area (Å²) < 4.78 is 5.32. The minimum absolute atomic E-state index is 0.270. The van der Waals surface area contributed by atoms with E-state index in [4.69, 9.17) is 10.5 Å². The number of ether oxygens (including phenoxy) is 1. The summed E-state index contributed by atoms with van der Waals surface area (Å²) in [5, 5.41) is 1.96. The molecule has 0 bridgehead atoms. The van der Waals surface area contributed by atoms with Crippen molar-refractivity contribution < 1.29 is 19.1 Å². The second-order valence-electron chi connectivity index (χ2n) is 6.33. The van der Waals surface area contributed by atoms with Crippen molar-refractivity contribution in [2.45, 2.75) is 46.1 Å². The third-order valence-corrected chi connectivity index (χ3v) is 5.09. The Balaban J connectivity index is 2.10. The van der Waals surface area contributed by atoms with Gasteiger partial charge in [0.05, 0.1) is 0 Å². The lowest BCUT2D eigenvalue weighted by Gasteiger charge is -2.19. The number of fused-ring (bicyclic) bond motifs is 1. The molecule has 0 radical (unpaired) electrons. The maximum Gasteiger partial charge on any atom is 0.349 e. The van der Waals surface area contributed by atoms with E-state index in [0.29, 0.717) is 10.8 Å². The first-order chi connectivity index (χ1) is 10.8. The summed E-state index contributed by atoms with van der Waals surface area (Å²) in [6, 6.07) is 0.902. The molecule has 3 N–H and O–H groups in total. The van der Waals surface area contributed by atoms with E-state index in [9.17, 15) is 14.4 Å². The fourth-order valence-electron chi connectivity index (χ4n) is 2.66. The molecule has 1 aliphatic carbocycles. The zero-order valence-corrected chi connectivity index (χ0v) is 14.4. The van der Waals surface area contributed by atoms with Gasteiger partial charge in [-0.1, -0.05) is 20.8 Å². The van der Waals surface area contributed by atoms with Crippen molar-refractivity contribution in [3.05, 3.63) is 21.4 Å². The SMILES string of the molecule is CC(C)[C@@H](OC(=O)c1cc2c(s1)CC[C@@H](C)C2)C(=O)NC(N)=O. The van der Waals surface area contributed by atoms with E-state index >= 15 is 0 Å². The van der Waals surface area contributed by atoms with Gasteiger partial charge in [-0.3, -0.25) is 10.1 Å². The average Bonchev–Trinajstić information content (AvgIpc) is 2.86. The van der Waals surface area contributed by atoms with Crippen LogP contribution in [-0.2, 0) is 22.4 Å². The molecule has 2 rings (SSSR count). The zero-order chi connectivity index (χ0) is 17.1. The number of hydrogen-bond acceptors (Lipinski definition) is 5. The smallest absolute Gasteiger partial charge is 0.349 e. The van der Waals surface area contributed by atoms with Crippen molar-refractivity contribution in [1.82, 2.24) is 5.32 Å². The summed E-state index contributed by atoms with van der Waals surface area (Å²) in [4.78, 5) is 36.8. The number of hydrogen-bond donors (Lipinski definition) is 2. The Hall–Kier alpha value is -1.89. The van der Waals surface area contributed by atoms with Gasteiger partial charge >= 0.3 is 12.0 Å². The fraction of sp³-hybridized carbons (Fsp3) is 0.562. The predicted octanol–water partition coefficient (Wildman–Crippen LogP) is 2.25. The topological polar surface area (TPSA) is 98.5 Å². The van der Waals surface area contributed by atoms with Crippen LogP contribution in [0.25, 0.3) is 0 Å². The second kappa shape index (κ2) is 7.12. The number of nitrogens with one attached hydrogen (secondary N) is 1. The Morgan fingerprint density at radius 3 is 2.70 bits per heavy atom. The van der Waals surface area contributed by atoms with Gasteiger partial charge in [-0.25, -0.2) is 9.59 Å². The van der Waals surface area contributed by atoms with Crippen LogP contribution in [0, 0.1) is 11.8 Å². The highest BCUT2D eigenvalue weighted by Crippen LogP contribution is 2.32. The maximum atomic E-state index is 12.3. The lowest BCUT2D eigenvalue weighted by atomic mass is 9.90. The van der Waals surface area contributed by atoms with Gasteiger partial charge in [0.1, 0.15) is 4.88 Å². The van der Waals surface area contributed by atoms with Crippen molar-refractivity contribution in [2.24, 2.45) is 17.6 Å². The molecule has 0 unspecified atom stereocenters. The number of nitrogens with two attached hydrogens (primary N) is 1. The van der Waals surface area contributed by atoms with Crippen molar-refractivity contribution in [1.29, 1.82) is 0 Å². The Morgan fingerprint density at radius 2 is 2.09 bits per heavy atom. The quantitative estimate of drug-likeness (QED) is 0.823. The number of thiophene rings is 1. The van der Waals surface area contributed by atoms with Gasteiger partial charge in [-0.2, -0.15) is 0 Å². The van der Waals surface area contributed by atoms with Crippen molar-refractivity contribution in [2.75, 3.05) is 0 Å². The molecule has 1 heterocycles. The molecule has 3 amide bonds. The number of aryl methyl sites for hydroxylation is 1. The van der Waals surface area contributed by atoms with Crippen LogP contribution in [-0.4, -0.2) is 24.0 Å². The zero-order valence-electron chi connectivity index (χ0n) is 13.5. The van der Waals surface area contributed by atoms with Gasteiger partial charge < -0.3 is 10.5 Å². The average molecular weight is 338 g/mol. The number of primary amides is 1. The Kier molecular flexibility index (Phi) is 5.41. The molecule has 0 aromatic carbocycles. The van der Waals surface area contributed by atoms with Crippen LogP contribution in [0.15, 0.2) is 6.07 Å². The molecular formula is C16H22N2O4S. The molecule has 6 nitrogen and oxygen atoms in total. The van der Waals surface area contributed by atoms with Crippen LogP contribution in [0.5, 0.6) is 0 Å². The molecular weight excluding hydrogens is 316 g/mol. The minimum Gasteiger partial charge on any atom is -0.448 e. The number of rotatable bonds is 4. The Bertz CT molecular complexity index is 624. The monoisotopic (exact) mass is 338 g/mol. The van der Waals surface area contributed by atoms with Crippen molar-refractivity contribution in [3.63, 3.8) is 0 Å². The van der Waals surface area contributed by atoms with E-state index in [0.717, 1.165) is 19.3 Å². The van der Waals surface area contributed by atoms with E-state index in [1.807, 2.05) is 11.4 Å². The predicted molar refractivity (Wildman–Crippen MR) is 87.3 cm³/mol. The van der Waals surface area contributed by atoms with Crippen LogP contribution in [0.2, 0.25) is 0 Å². The number of amides is 3. The highest BCUT2D eigenvalue weighted by Gasteiger charge is 2.29. The molecule has 0 saturated heterocycles. The molecule has 0 fully saturated rings. The van der Waals surface area contributed by atoms with E-state index < -0.39 is 24.0 Å². The molecule has 0 saturated carbocycles. The van der Waals surface area contributed by atoms with Gasteiger partial charge in [-0.15, -0.1) is 11.3 Å². The summed E-state index contributed by atoms with van der Waals surface area (Å²) in [5.74, 6) is -0.884. The lowest BCUT2D eigenvalue weighted by molar-refractivity contribution is -0.130. The van der Waals surface area contributed by atoms with Crippen molar-refractivity contribution in [3.8, 4) is 0 Å². The van der Waals surface area contributed by atoms with Gasteiger partial charge in [0.15, 0.2) is 6.10 Å². The van der Waals surface area contributed by atoms with Gasteiger partial charge in [0.25, 0.3) is 5.91 Å². The van der Waals surface area contributed by atoms with Gasteiger partial charge in [0, 0.05) is 4.88 Å². The fourth-order valence-corrected chi connectivity index (χ4v) is 3.76. The van der Waals surface area contributed by atoms with E-state index in [1.165, 1.54) is 21.8 Å². The molecule has 7 heteroatoms. The van der Waals surface area contributed by atoms with E-state index in [1.54, 1.807) is 13.8 Å². The lowest BCUT2D eigenvalue weighted by Crippen LogP contribution is -2.45. The number of urea groups is 1. The first-order valence-electron chi connectivity index (χ1n) is 7.70. The van der Waals surface area contributed by atoms with Crippen LogP contribution < -0.4 is 11.1 Å². The van der Waals surface area contributed by atoms with Crippen LogP contribution in [0.1, 0.15) is 47.3 Å². The molecule has 1 aliphatic rings. The molecule has 0 aliphatic heterocycles. The molecule has 1 aromatic heterocycles. The first kappa shape index (κ1) is 17.5. The number of esters is 1.